The monoisotopic (exact) mass is 331 g/mol. The number of rotatable bonds is 5. The van der Waals surface area contributed by atoms with E-state index >= 15 is 0 Å². The first-order valence-corrected chi connectivity index (χ1v) is 7.67. The van der Waals surface area contributed by atoms with E-state index in [2.05, 4.69) is 9.64 Å². The van der Waals surface area contributed by atoms with E-state index in [1.165, 1.54) is 12.1 Å². The van der Waals surface area contributed by atoms with Gasteiger partial charge in [-0.1, -0.05) is 12.5 Å². The lowest BCUT2D eigenvalue weighted by Crippen LogP contribution is -2.29. The maximum atomic E-state index is 12.6. The molecule has 0 aliphatic carbocycles. The van der Waals surface area contributed by atoms with Crippen LogP contribution in [0.4, 0.5) is 13.2 Å². The molecule has 4 nitrogen and oxygen atoms in total. The van der Waals surface area contributed by atoms with Crippen molar-refractivity contribution in [1.29, 1.82) is 0 Å². The molecule has 0 amide bonds. The van der Waals surface area contributed by atoms with Gasteiger partial charge >= 0.3 is 12.3 Å². The van der Waals surface area contributed by atoms with Gasteiger partial charge in [-0.15, -0.1) is 13.2 Å². The van der Waals surface area contributed by atoms with Gasteiger partial charge < -0.3 is 9.47 Å². The van der Waals surface area contributed by atoms with E-state index in [1.807, 2.05) is 0 Å². The molecule has 1 fully saturated rings. The van der Waals surface area contributed by atoms with Gasteiger partial charge in [-0.2, -0.15) is 0 Å². The number of hydrogen-bond donors (Lipinski definition) is 0. The van der Waals surface area contributed by atoms with E-state index in [9.17, 15) is 18.0 Å². The standard InChI is InChI=1S/C16H20F3NO3/c1-2-22-15(21)12-6-7-13(11-20-8-4-3-5-9-20)14(10-12)23-16(17,18)19/h6-7,10H,2-5,8-9,11H2,1H3. The molecule has 1 saturated heterocycles. The molecule has 0 spiro atoms. The zero-order valence-corrected chi connectivity index (χ0v) is 13.0. The molecule has 0 saturated carbocycles. The molecule has 0 unspecified atom stereocenters. The van der Waals surface area contributed by atoms with Crippen LogP contribution in [-0.2, 0) is 11.3 Å². The Morgan fingerprint density at radius 1 is 1.22 bits per heavy atom. The van der Waals surface area contributed by atoms with E-state index < -0.39 is 12.3 Å². The second-order valence-electron chi connectivity index (χ2n) is 5.43. The molecule has 7 heteroatoms. The van der Waals surface area contributed by atoms with Crippen LogP contribution in [0.15, 0.2) is 18.2 Å². The largest absolute Gasteiger partial charge is 0.573 e. The summed E-state index contributed by atoms with van der Waals surface area (Å²) in [7, 11) is 0. The van der Waals surface area contributed by atoms with Crippen LogP contribution in [0.1, 0.15) is 42.1 Å². The minimum absolute atomic E-state index is 0.0495. The molecule has 1 heterocycles. The van der Waals surface area contributed by atoms with Gasteiger partial charge in [0.2, 0.25) is 0 Å². The Hall–Kier alpha value is -1.76. The van der Waals surface area contributed by atoms with Gasteiger partial charge in [0.25, 0.3) is 0 Å². The maximum Gasteiger partial charge on any atom is 0.573 e. The Labute approximate surface area is 133 Å². The second kappa shape index (κ2) is 7.68. The van der Waals surface area contributed by atoms with Crippen molar-refractivity contribution in [2.45, 2.75) is 39.1 Å². The van der Waals surface area contributed by atoms with Crippen LogP contribution in [0, 0.1) is 0 Å². The summed E-state index contributed by atoms with van der Waals surface area (Å²) in [5.74, 6) is -1.00. The number of hydrogen-bond acceptors (Lipinski definition) is 4. The highest BCUT2D eigenvalue weighted by Crippen LogP contribution is 2.29. The quantitative estimate of drug-likeness (QED) is 0.771. The van der Waals surface area contributed by atoms with Crippen molar-refractivity contribution in [2.75, 3.05) is 19.7 Å². The van der Waals surface area contributed by atoms with E-state index in [0.29, 0.717) is 12.1 Å². The highest BCUT2D eigenvalue weighted by atomic mass is 19.4. The number of ether oxygens (including phenoxy) is 2. The Bertz CT molecular complexity index is 540. The van der Waals surface area contributed by atoms with Crippen molar-refractivity contribution in [2.24, 2.45) is 0 Å². The third kappa shape index (κ3) is 5.42. The lowest BCUT2D eigenvalue weighted by molar-refractivity contribution is -0.275. The summed E-state index contributed by atoms with van der Waals surface area (Å²) in [6, 6.07) is 4.08. The number of likely N-dealkylation sites (tertiary alicyclic amines) is 1. The Kier molecular flexibility index (Phi) is 5.87. The third-order valence-electron chi connectivity index (χ3n) is 3.65. The van der Waals surface area contributed by atoms with Crippen molar-refractivity contribution >= 4 is 5.97 Å². The molecule has 1 aliphatic rings. The van der Waals surface area contributed by atoms with Gasteiger partial charge in [0.1, 0.15) is 5.75 Å². The van der Waals surface area contributed by atoms with Crippen LogP contribution in [-0.4, -0.2) is 36.9 Å². The van der Waals surface area contributed by atoms with Crippen molar-refractivity contribution in [3.05, 3.63) is 29.3 Å². The number of carbonyl (C=O) groups is 1. The number of carbonyl (C=O) groups excluding carboxylic acids is 1. The summed E-state index contributed by atoms with van der Waals surface area (Å²) >= 11 is 0. The first kappa shape index (κ1) is 17.6. The Balaban J connectivity index is 2.22. The highest BCUT2D eigenvalue weighted by molar-refractivity contribution is 5.90. The average Bonchev–Trinajstić information content (AvgIpc) is 2.49. The van der Waals surface area contributed by atoms with Crippen molar-refractivity contribution in [1.82, 2.24) is 4.90 Å². The molecular formula is C16H20F3NO3. The van der Waals surface area contributed by atoms with Crippen LogP contribution in [0.5, 0.6) is 5.75 Å². The minimum Gasteiger partial charge on any atom is -0.462 e. The fourth-order valence-corrected chi connectivity index (χ4v) is 2.60. The van der Waals surface area contributed by atoms with Crippen LogP contribution in [0.25, 0.3) is 0 Å². The van der Waals surface area contributed by atoms with Crippen LogP contribution < -0.4 is 4.74 Å². The van der Waals surface area contributed by atoms with Crippen LogP contribution >= 0.6 is 0 Å². The predicted octanol–water partition coefficient (Wildman–Crippen LogP) is 3.75. The molecule has 1 aliphatic heterocycles. The summed E-state index contributed by atoms with van der Waals surface area (Å²) in [5.41, 5.74) is 0.464. The molecule has 2 rings (SSSR count). The molecule has 23 heavy (non-hydrogen) atoms. The van der Waals surface area contributed by atoms with E-state index in [0.717, 1.165) is 38.4 Å². The number of piperidine rings is 1. The fourth-order valence-electron chi connectivity index (χ4n) is 2.60. The molecule has 0 bridgehead atoms. The van der Waals surface area contributed by atoms with E-state index in [1.54, 1.807) is 6.92 Å². The molecular weight excluding hydrogens is 311 g/mol. The first-order valence-electron chi connectivity index (χ1n) is 7.67. The van der Waals surface area contributed by atoms with Gasteiger partial charge in [0, 0.05) is 12.1 Å². The maximum absolute atomic E-state index is 12.6. The van der Waals surface area contributed by atoms with Gasteiger partial charge in [0.15, 0.2) is 0 Å². The minimum atomic E-state index is -4.80. The lowest BCUT2D eigenvalue weighted by atomic mass is 10.1. The summed E-state index contributed by atoms with van der Waals surface area (Å²) in [4.78, 5) is 13.8. The first-order chi connectivity index (χ1) is 10.9. The van der Waals surface area contributed by atoms with Gasteiger partial charge in [-0.25, -0.2) is 4.79 Å². The second-order valence-corrected chi connectivity index (χ2v) is 5.43. The van der Waals surface area contributed by atoms with Gasteiger partial charge in [-0.05, 0) is 45.0 Å². The van der Waals surface area contributed by atoms with Crippen molar-refractivity contribution in [3.63, 3.8) is 0 Å². The Morgan fingerprint density at radius 2 is 1.91 bits per heavy atom. The summed E-state index contributed by atoms with van der Waals surface area (Å²) < 4.78 is 46.8. The number of benzene rings is 1. The molecule has 0 N–H and O–H groups in total. The number of nitrogens with zero attached hydrogens (tertiary/aromatic N) is 1. The summed E-state index contributed by atoms with van der Waals surface area (Å²) in [6.45, 7) is 3.87. The van der Waals surface area contributed by atoms with Crippen molar-refractivity contribution < 1.29 is 27.4 Å². The van der Waals surface area contributed by atoms with Crippen molar-refractivity contribution in [3.8, 4) is 5.75 Å². The molecule has 128 valence electrons. The number of alkyl halides is 3. The average molecular weight is 331 g/mol. The SMILES string of the molecule is CCOC(=O)c1ccc(CN2CCCCC2)c(OC(F)(F)F)c1. The molecule has 1 aromatic rings. The highest BCUT2D eigenvalue weighted by Gasteiger charge is 2.32. The smallest absolute Gasteiger partial charge is 0.462 e. The van der Waals surface area contributed by atoms with E-state index in [4.69, 9.17) is 4.74 Å². The summed E-state index contributed by atoms with van der Waals surface area (Å²) in [6.07, 6.45) is -1.58. The third-order valence-corrected chi connectivity index (χ3v) is 3.65. The predicted molar refractivity (Wildman–Crippen MR) is 78.2 cm³/mol. The zero-order chi connectivity index (χ0) is 16.9. The van der Waals surface area contributed by atoms with E-state index in [-0.39, 0.29) is 17.9 Å². The molecule has 1 aromatic carbocycles. The Morgan fingerprint density at radius 3 is 2.52 bits per heavy atom. The van der Waals surface area contributed by atoms with Gasteiger partial charge in [-0.3, -0.25) is 4.90 Å². The molecule has 0 radical (unpaired) electrons. The normalized spacial score (nSPS) is 16.2. The van der Waals surface area contributed by atoms with Crippen LogP contribution in [0.3, 0.4) is 0 Å². The van der Waals surface area contributed by atoms with Crippen LogP contribution in [0.2, 0.25) is 0 Å². The fraction of sp³-hybridized carbons (Fsp3) is 0.562. The molecule has 0 aromatic heterocycles. The lowest BCUT2D eigenvalue weighted by Gasteiger charge is -2.27. The summed E-state index contributed by atoms with van der Waals surface area (Å²) in [5, 5.41) is 0. The van der Waals surface area contributed by atoms with Gasteiger partial charge in [0.05, 0.1) is 12.2 Å². The molecule has 0 atom stereocenters. The zero-order valence-electron chi connectivity index (χ0n) is 13.0. The number of halogens is 3. The number of esters is 1. The topological polar surface area (TPSA) is 38.8 Å².